The van der Waals surface area contributed by atoms with Crippen LogP contribution >= 0.6 is 0 Å². The third-order valence-electron chi connectivity index (χ3n) is 6.72. The quantitative estimate of drug-likeness (QED) is 0.283. The Hall–Kier alpha value is -4.47. The van der Waals surface area contributed by atoms with Crippen molar-refractivity contribution in [1.29, 1.82) is 0 Å². The number of halogens is 1. The molecule has 4 rings (SSSR count). The molecule has 4 aromatic rings. The fraction of sp³-hybridized carbons (Fsp3) is 0.286. The summed E-state index contributed by atoms with van der Waals surface area (Å²) < 4.78 is 24.5. The van der Waals surface area contributed by atoms with Crippen LogP contribution in [0.25, 0.3) is 33.1 Å². The van der Waals surface area contributed by atoms with Crippen LogP contribution in [0.1, 0.15) is 31.4 Å². The number of nitrogens with one attached hydrogen (secondary N) is 2. The molecule has 3 N–H and O–H groups in total. The number of carboxylic acids is 1. The van der Waals surface area contributed by atoms with Crippen molar-refractivity contribution in [1.82, 2.24) is 10.6 Å². The van der Waals surface area contributed by atoms with E-state index in [9.17, 15) is 28.7 Å². The molecule has 9 nitrogen and oxygen atoms in total. The lowest BCUT2D eigenvalue weighted by molar-refractivity contribution is -0.143. The summed E-state index contributed by atoms with van der Waals surface area (Å²) in [7, 11) is 0. The van der Waals surface area contributed by atoms with Gasteiger partial charge in [-0.2, -0.15) is 0 Å². The fourth-order valence-electron chi connectivity index (χ4n) is 4.28. The maximum atomic E-state index is 13.4. The van der Waals surface area contributed by atoms with Crippen LogP contribution in [0.5, 0.6) is 0 Å². The predicted octanol–water partition coefficient (Wildman–Crippen LogP) is 3.93. The molecule has 0 aliphatic rings. The Bertz CT molecular complexity index is 1590. The van der Waals surface area contributed by atoms with E-state index >= 15 is 0 Å². The number of carboxylic acid groups (broad SMARTS) is 1. The summed E-state index contributed by atoms with van der Waals surface area (Å²) in [6.07, 6.45) is 1.76. The normalized spacial score (nSPS) is 12.8. The maximum Gasteiger partial charge on any atom is 0.340 e. The summed E-state index contributed by atoms with van der Waals surface area (Å²) >= 11 is 0. The number of hydrogen-bond donors (Lipinski definition) is 3. The standard InChI is InChI=1S/C28H27FN2O7/c1-4-14(2)26(27(34)35)31-25(33)12-30-24(32)10-19-15(3)18-9-20-21(16-5-7-17(29)8-6-16)13-37-22(20)11-23(18)38-28(19)36/h5-9,11,13-14,26H,4,10,12H2,1-3H3,(H,30,32)(H,31,33)(H,34,35)/t14-,26+/m0/s1. The number of carbonyl (C=O) groups is 3. The molecule has 2 heterocycles. The molecule has 198 valence electrons. The van der Waals surface area contributed by atoms with E-state index in [0.717, 1.165) is 16.5 Å². The highest BCUT2D eigenvalue weighted by Crippen LogP contribution is 2.34. The molecule has 2 aromatic carbocycles. The van der Waals surface area contributed by atoms with E-state index in [4.69, 9.17) is 8.83 Å². The first-order valence-electron chi connectivity index (χ1n) is 12.1. The zero-order chi connectivity index (χ0) is 27.6. The molecule has 0 aliphatic heterocycles. The second-order valence-electron chi connectivity index (χ2n) is 9.22. The molecule has 2 atom stereocenters. The van der Waals surface area contributed by atoms with E-state index in [1.165, 1.54) is 12.1 Å². The van der Waals surface area contributed by atoms with Gasteiger partial charge in [0.1, 0.15) is 23.0 Å². The van der Waals surface area contributed by atoms with E-state index in [1.807, 2.05) is 6.92 Å². The molecule has 2 amide bonds. The molecule has 0 spiro atoms. The molecule has 0 unspecified atom stereocenters. The summed E-state index contributed by atoms with van der Waals surface area (Å²) in [5.41, 5.74) is 2.21. The van der Waals surface area contributed by atoms with Gasteiger partial charge in [-0.05, 0) is 42.2 Å². The lowest BCUT2D eigenvalue weighted by Gasteiger charge is -2.20. The van der Waals surface area contributed by atoms with Gasteiger partial charge in [0.05, 0.1) is 24.8 Å². The highest BCUT2D eigenvalue weighted by molar-refractivity contribution is 6.02. The largest absolute Gasteiger partial charge is 0.480 e. The number of aryl methyl sites for hydroxylation is 1. The summed E-state index contributed by atoms with van der Waals surface area (Å²) in [5.74, 6) is -3.05. The minimum absolute atomic E-state index is 0.129. The Morgan fingerprint density at radius 1 is 1.05 bits per heavy atom. The number of hydrogen-bond acceptors (Lipinski definition) is 6. The average molecular weight is 523 g/mol. The molecule has 0 fully saturated rings. The topological polar surface area (TPSA) is 139 Å². The van der Waals surface area contributed by atoms with Gasteiger partial charge in [0.25, 0.3) is 0 Å². The van der Waals surface area contributed by atoms with Gasteiger partial charge in [0.15, 0.2) is 0 Å². The Labute approximate surface area is 216 Å². The van der Waals surface area contributed by atoms with Gasteiger partial charge in [-0.1, -0.05) is 32.4 Å². The highest BCUT2D eigenvalue weighted by Gasteiger charge is 2.25. The number of amides is 2. The molecule has 0 radical (unpaired) electrons. The van der Waals surface area contributed by atoms with Crippen LogP contribution in [0.15, 0.2) is 56.3 Å². The monoisotopic (exact) mass is 522 g/mol. The van der Waals surface area contributed by atoms with Crippen molar-refractivity contribution in [3.63, 3.8) is 0 Å². The molecule has 10 heteroatoms. The molecular weight excluding hydrogens is 495 g/mol. The van der Waals surface area contributed by atoms with Crippen LogP contribution < -0.4 is 16.3 Å². The molecule has 0 bridgehead atoms. The smallest absolute Gasteiger partial charge is 0.340 e. The van der Waals surface area contributed by atoms with Crippen molar-refractivity contribution in [2.45, 2.75) is 39.7 Å². The molecule has 38 heavy (non-hydrogen) atoms. The van der Waals surface area contributed by atoms with E-state index in [0.29, 0.717) is 23.0 Å². The first kappa shape index (κ1) is 26.6. The van der Waals surface area contributed by atoms with Gasteiger partial charge >= 0.3 is 11.6 Å². The number of carbonyl (C=O) groups excluding carboxylic acids is 2. The fourth-order valence-corrected chi connectivity index (χ4v) is 4.28. The van der Waals surface area contributed by atoms with Crippen molar-refractivity contribution in [2.24, 2.45) is 5.92 Å². The SMILES string of the molecule is CC[C@H](C)[C@@H](NC(=O)CNC(=O)Cc1c(C)c2cc3c(-c4ccc(F)cc4)coc3cc2oc1=O)C(=O)O. The second-order valence-corrected chi connectivity index (χ2v) is 9.22. The van der Waals surface area contributed by atoms with E-state index in [1.54, 1.807) is 44.4 Å². The van der Waals surface area contributed by atoms with Crippen molar-refractivity contribution >= 4 is 39.7 Å². The summed E-state index contributed by atoms with van der Waals surface area (Å²) in [6.45, 7) is 4.78. The molecular formula is C28H27FN2O7. The van der Waals surface area contributed by atoms with Crippen molar-refractivity contribution < 1.29 is 32.7 Å². The third-order valence-corrected chi connectivity index (χ3v) is 6.72. The highest BCUT2D eigenvalue weighted by atomic mass is 19.1. The van der Waals surface area contributed by atoms with Gasteiger partial charge in [-0.3, -0.25) is 9.59 Å². The van der Waals surface area contributed by atoms with E-state index < -0.39 is 36.0 Å². The summed E-state index contributed by atoms with van der Waals surface area (Å²) in [6, 6.07) is 8.28. The average Bonchev–Trinajstić information content (AvgIpc) is 3.30. The number of fused-ring (bicyclic) bond motifs is 2. The first-order valence-corrected chi connectivity index (χ1v) is 12.1. The van der Waals surface area contributed by atoms with Crippen molar-refractivity contribution in [2.75, 3.05) is 6.54 Å². The van der Waals surface area contributed by atoms with Gasteiger partial charge in [0.2, 0.25) is 11.8 Å². The van der Waals surface area contributed by atoms with Gasteiger partial charge in [-0.15, -0.1) is 0 Å². The molecule has 0 saturated heterocycles. The zero-order valence-electron chi connectivity index (χ0n) is 21.1. The van der Waals surface area contributed by atoms with Crippen LogP contribution in [0.3, 0.4) is 0 Å². The van der Waals surface area contributed by atoms with Gasteiger partial charge < -0.3 is 24.6 Å². The Kier molecular flexibility index (Phi) is 7.61. The zero-order valence-corrected chi connectivity index (χ0v) is 21.1. The second kappa shape index (κ2) is 10.9. The van der Waals surface area contributed by atoms with Crippen LogP contribution in [-0.4, -0.2) is 35.5 Å². The van der Waals surface area contributed by atoms with E-state index in [-0.39, 0.29) is 29.3 Å². The Morgan fingerprint density at radius 3 is 2.42 bits per heavy atom. The first-order chi connectivity index (χ1) is 18.1. The van der Waals surface area contributed by atoms with Crippen LogP contribution in [0.2, 0.25) is 0 Å². The molecule has 0 aliphatic carbocycles. The van der Waals surface area contributed by atoms with Gasteiger partial charge in [-0.25, -0.2) is 14.0 Å². The number of furan rings is 1. The summed E-state index contributed by atoms with van der Waals surface area (Å²) in [4.78, 5) is 48.9. The van der Waals surface area contributed by atoms with Crippen molar-refractivity contribution in [3.05, 3.63) is 70.0 Å². The minimum Gasteiger partial charge on any atom is -0.480 e. The lowest BCUT2D eigenvalue weighted by atomic mass is 9.99. The Morgan fingerprint density at radius 2 is 1.76 bits per heavy atom. The van der Waals surface area contributed by atoms with E-state index in [2.05, 4.69) is 10.6 Å². The summed E-state index contributed by atoms with van der Waals surface area (Å²) in [5, 5.41) is 15.5. The minimum atomic E-state index is -1.15. The van der Waals surface area contributed by atoms with Crippen LogP contribution in [0, 0.1) is 18.7 Å². The molecule has 0 saturated carbocycles. The number of rotatable bonds is 9. The third kappa shape index (κ3) is 5.44. The number of benzene rings is 2. The van der Waals surface area contributed by atoms with Crippen LogP contribution in [0.4, 0.5) is 4.39 Å². The predicted molar refractivity (Wildman–Crippen MR) is 138 cm³/mol. The lowest BCUT2D eigenvalue weighted by Crippen LogP contribution is -2.48. The van der Waals surface area contributed by atoms with Gasteiger partial charge in [0, 0.05) is 22.4 Å². The Balaban J connectivity index is 1.55. The maximum absolute atomic E-state index is 13.4. The molecule has 2 aromatic heterocycles. The number of aliphatic carboxylic acids is 1. The van der Waals surface area contributed by atoms with Crippen LogP contribution in [-0.2, 0) is 20.8 Å². The van der Waals surface area contributed by atoms with Crippen molar-refractivity contribution in [3.8, 4) is 11.1 Å².